The molecule has 0 aromatic heterocycles. The minimum atomic E-state index is 0.00848. The van der Waals surface area contributed by atoms with E-state index in [-0.39, 0.29) is 11.5 Å². The zero-order valence-corrected chi connectivity index (χ0v) is 12.4. The monoisotopic (exact) mass is 272 g/mol. The Kier molecular flexibility index (Phi) is 3.76. The summed E-state index contributed by atoms with van der Waals surface area (Å²) in [7, 11) is 0. The highest BCUT2D eigenvalue weighted by atomic mass is 32.2. The van der Waals surface area contributed by atoms with Crippen molar-refractivity contribution in [1.82, 2.24) is 0 Å². The molecule has 0 heterocycles. The van der Waals surface area contributed by atoms with Crippen LogP contribution in [0.15, 0.2) is 34.1 Å². The second-order valence-electron chi connectivity index (χ2n) is 4.92. The van der Waals surface area contributed by atoms with Crippen molar-refractivity contribution < 1.29 is 10.2 Å². The average molecular weight is 272 g/mol. The van der Waals surface area contributed by atoms with Gasteiger partial charge in [0.2, 0.25) is 0 Å². The molecule has 2 radical (unpaired) electrons. The lowest BCUT2D eigenvalue weighted by molar-refractivity contribution is 0.339. The lowest BCUT2D eigenvalue weighted by atomic mass is 10.1. The van der Waals surface area contributed by atoms with E-state index in [2.05, 4.69) is 0 Å². The first-order valence-corrected chi connectivity index (χ1v) is 6.94. The Balaban J connectivity index is 2.47. The molecule has 2 aromatic carbocycles. The van der Waals surface area contributed by atoms with E-state index in [1.54, 1.807) is 13.8 Å². The van der Waals surface area contributed by atoms with Gasteiger partial charge in [-0.25, -0.2) is 0 Å². The molecule has 0 unspecified atom stereocenters. The SMILES string of the molecule is Cc1cc(C)c([O])c(Sc2cc(C)cc(C)c2[O])c1. The van der Waals surface area contributed by atoms with E-state index in [4.69, 9.17) is 0 Å². The molecule has 0 aliphatic heterocycles. The van der Waals surface area contributed by atoms with Gasteiger partial charge in [-0.1, -0.05) is 23.9 Å². The first kappa shape index (κ1) is 13.8. The average Bonchev–Trinajstić information content (AvgIpc) is 2.31. The Morgan fingerprint density at radius 1 is 0.684 bits per heavy atom. The van der Waals surface area contributed by atoms with Gasteiger partial charge in [0.15, 0.2) is 11.5 Å². The van der Waals surface area contributed by atoms with Crippen LogP contribution in [0.5, 0.6) is 11.5 Å². The van der Waals surface area contributed by atoms with Gasteiger partial charge in [0, 0.05) is 0 Å². The summed E-state index contributed by atoms with van der Waals surface area (Å²) >= 11 is 1.27. The zero-order valence-electron chi connectivity index (χ0n) is 11.5. The fourth-order valence-corrected chi connectivity index (χ4v) is 3.33. The summed E-state index contributed by atoms with van der Waals surface area (Å²) < 4.78 is 0. The fraction of sp³-hybridized carbons (Fsp3) is 0.250. The summed E-state index contributed by atoms with van der Waals surface area (Å²) in [5.74, 6) is 0.0170. The summed E-state index contributed by atoms with van der Waals surface area (Å²) in [5.41, 5.74) is 3.52. The second kappa shape index (κ2) is 5.17. The summed E-state index contributed by atoms with van der Waals surface area (Å²) in [5, 5.41) is 24.2. The third-order valence-electron chi connectivity index (χ3n) is 2.99. The van der Waals surface area contributed by atoms with E-state index in [1.807, 2.05) is 38.1 Å². The number of benzene rings is 2. The number of hydrogen-bond donors (Lipinski definition) is 0. The lowest BCUT2D eigenvalue weighted by Crippen LogP contribution is -1.85. The Morgan fingerprint density at radius 2 is 1.05 bits per heavy atom. The predicted molar refractivity (Wildman–Crippen MR) is 76.2 cm³/mol. The zero-order chi connectivity index (χ0) is 14.2. The van der Waals surface area contributed by atoms with E-state index in [9.17, 15) is 10.2 Å². The van der Waals surface area contributed by atoms with Crippen molar-refractivity contribution >= 4 is 11.8 Å². The van der Waals surface area contributed by atoms with Gasteiger partial charge in [-0.05, 0) is 62.1 Å². The Labute approximate surface area is 118 Å². The third kappa shape index (κ3) is 2.87. The van der Waals surface area contributed by atoms with Crippen molar-refractivity contribution in [3.63, 3.8) is 0 Å². The van der Waals surface area contributed by atoms with Gasteiger partial charge in [0.25, 0.3) is 0 Å². The molecule has 19 heavy (non-hydrogen) atoms. The molecule has 0 amide bonds. The molecule has 0 bridgehead atoms. The molecule has 0 saturated carbocycles. The van der Waals surface area contributed by atoms with Crippen LogP contribution in [0.3, 0.4) is 0 Å². The molecule has 2 aromatic rings. The highest BCUT2D eigenvalue weighted by molar-refractivity contribution is 7.99. The van der Waals surface area contributed by atoms with Crippen molar-refractivity contribution in [3.05, 3.63) is 46.5 Å². The van der Waals surface area contributed by atoms with Crippen LogP contribution < -0.4 is 0 Å². The predicted octanol–water partition coefficient (Wildman–Crippen LogP) is 5.36. The Morgan fingerprint density at radius 3 is 1.42 bits per heavy atom. The molecule has 3 heteroatoms. The first-order valence-electron chi connectivity index (χ1n) is 6.13. The summed E-state index contributed by atoms with van der Waals surface area (Å²) in [6, 6.07) is 7.42. The molecule has 2 rings (SSSR count). The molecule has 98 valence electrons. The maximum Gasteiger partial charge on any atom is 0.195 e. The molecule has 0 spiro atoms. The molecule has 0 aliphatic rings. The molecule has 0 aliphatic carbocycles. The quantitative estimate of drug-likeness (QED) is 0.725. The van der Waals surface area contributed by atoms with E-state index >= 15 is 0 Å². The Hall–Kier alpha value is -1.61. The van der Waals surface area contributed by atoms with E-state index in [0.29, 0.717) is 9.79 Å². The summed E-state index contributed by atoms with van der Waals surface area (Å²) in [6.45, 7) is 7.52. The highest BCUT2D eigenvalue weighted by Crippen LogP contribution is 2.42. The Bertz CT molecular complexity index is 578. The molecule has 0 fully saturated rings. The number of rotatable bonds is 2. The summed E-state index contributed by atoms with van der Waals surface area (Å²) in [6.07, 6.45) is 0. The van der Waals surface area contributed by atoms with Crippen molar-refractivity contribution in [2.24, 2.45) is 0 Å². The molecule has 0 saturated heterocycles. The lowest BCUT2D eigenvalue weighted by Gasteiger charge is -2.09. The van der Waals surface area contributed by atoms with E-state index in [0.717, 1.165) is 22.3 Å². The third-order valence-corrected chi connectivity index (χ3v) is 4.04. The van der Waals surface area contributed by atoms with Crippen LogP contribution in [0.25, 0.3) is 0 Å². The van der Waals surface area contributed by atoms with Crippen LogP contribution in [-0.2, 0) is 10.2 Å². The van der Waals surface area contributed by atoms with Gasteiger partial charge in [-0.3, -0.25) is 10.2 Å². The number of hydrogen-bond acceptors (Lipinski definition) is 1. The van der Waals surface area contributed by atoms with Crippen molar-refractivity contribution in [2.45, 2.75) is 37.5 Å². The van der Waals surface area contributed by atoms with Crippen molar-refractivity contribution in [2.75, 3.05) is 0 Å². The molecule has 0 N–H and O–H groups in total. The molecule has 0 atom stereocenters. The van der Waals surface area contributed by atoms with Crippen LogP contribution in [0.2, 0.25) is 0 Å². The van der Waals surface area contributed by atoms with Gasteiger partial charge in [0.1, 0.15) is 0 Å². The highest BCUT2D eigenvalue weighted by Gasteiger charge is 2.14. The minimum absolute atomic E-state index is 0.00848. The first-order chi connectivity index (χ1) is 8.88. The van der Waals surface area contributed by atoms with E-state index in [1.165, 1.54) is 11.8 Å². The van der Waals surface area contributed by atoms with E-state index < -0.39 is 0 Å². The van der Waals surface area contributed by atoms with Crippen LogP contribution in [0.1, 0.15) is 22.3 Å². The van der Waals surface area contributed by atoms with Gasteiger partial charge in [-0.15, -0.1) is 0 Å². The molecular weight excluding hydrogens is 256 g/mol. The topological polar surface area (TPSA) is 39.8 Å². The van der Waals surface area contributed by atoms with Crippen LogP contribution >= 0.6 is 11.8 Å². The standard InChI is InChI=1S/C16H16O2S/c1-9-5-11(3)15(17)13(7-9)19-14-8-10(2)6-12(4)16(14)18/h5-8H,1-4H3. The van der Waals surface area contributed by atoms with Crippen molar-refractivity contribution in [1.29, 1.82) is 0 Å². The minimum Gasteiger partial charge on any atom is -0.288 e. The van der Waals surface area contributed by atoms with Crippen LogP contribution in [0, 0.1) is 27.7 Å². The molecule has 2 nitrogen and oxygen atoms in total. The van der Waals surface area contributed by atoms with Crippen LogP contribution in [-0.4, -0.2) is 0 Å². The fourth-order valence-electron chi connectivity index (χ4n) is 2.10. The van der Waals surface area contributed by atoms with Gasteiger partial charge >= 0.3 is 0 Å². The van der Waals surface area contributed by atoms with Gasteiger partial charge < -0.3 is 0 Å². The van der Waals surface area contributed by atoms with Gasteiger partial charge in [0.05, 0.1) is 9.79 Å². The normalized spacial score (nSPS) is 10.7. The number of aryl methyl sites for hydroxylation is 4. The summed E-state index contributed by atoms with van der Waals surface area (Å²) in [4.78, 5) is 1.25. The van der Waals surface area contributed by atoms with Gasteiger partial charge in [-0.2, -0.15) is 0 Å². The maximum atomic E-state index is 12.1. The van der Waals surface area contributed by atoms with Crippen LogP contribution in [0.4, 0.5) is 0 Å². The smallest absolute Gasteiger partial charge is 0.195 e. The van der Waals surface area contributed by atoms with Crippen molar-refractivity contribution in [3.8, 4) is 11.5 Å². The molecular formula is C16H16O2S. The largest absolute Gasteiger partial charge is 0.288 e. The second-order valence-corrected chi connectivity index (χ2v) is 6.00. The maximum absolute atomic E-state index is 12.1.